The number of likely N-dealkylation sites (tertiary alicyclic amines) is 1. The highest BCUT2D eigenvalue weighted by Crippen LogP contribution is 2.24. The second-order valence-corrected chi connectivity index (χ2v) is 7.83. The Kier molecular flexibility index (Phi) is 6.45. The number of anilines is 1. The number of rotatable bonds is 7. The maximum absolute atomic E-state index is 12.9. The van der Waals surface area contributed by atoms with Gasteiger partial charge in [-0.15, -0.1) is 0 Å². The Balaban J connectivity index is 1.37. The van der Waals surface area contributed by atoms with E-state index in [0.717, 1.165) is 43.9 Å². The standard InChI is InChI=1S/C26H28N2O2/c1-2-17-30-24-14-12-23(13-15-24)27-26(29)22-10-6-16-28(19-22)18-21-9-5-8-20-7-3-4-11-25(20)21/h2-5,7-9,11-15,22H,1,6,10,16-19H2,(H,27,29). The van der Waals surface area contributed by atoms with Gasteiger partial charge in [0.1, 0.15) is 12.4 Å². The minimum absolute atomic E-state index is 0.00502. The van der Waals surface area contributed by atoms with Crippen LogP contribution in [0.1, 0.15) is 18.4 Å². The van der Waals surface area contributed by atoms with Crippen molar-refractivity contribution in [3.05, 3.63) is 84.9 Å². The van der Waals surface area contributed by atoms with E-state index in [0.29, 0.717) is 6.61 Å². The van der Waals surface area contributed by atoms with Crippen molar-refractivity contribution in [3.63, 3.8) is 0 Å². The van der Waals surface area contributed by atoms with Crippen molar-refractivity contribution in [3.8, 4) is 5.75 Å². The van der Waals surface area contributed by atoms with Crippen molar-refractivity contribution in [1.82, 2.24) is 4.90 Å². The van der Waals surface area contributed by atoms with Crippen LogP contribution >= 0.6 is 0 Å². The molecular formula is C26H28N2O2. The second-order valence-electron chi connectivity index (χ2n) is 7.83. The van der Waals surface area contributed by atoms with Gasteiger partial charge in [-0.1, -0.05) is 55.1 Å². The third-order valence-electron chi connectivity index (χ3n) is 5.64. The first-order valence-corrected chi connectivity index (χ1v) is 10.6. The summed E-state index contributed by atoms with van der Waals surface area (Å²) in [6, 6.07) is 22.5. The number of carbonyl (C=O) groups excluding carboxylic acids is 1. The maximum Gasteiger partial charge on any atom is 0.228 e. The number of hydrogen-bond acceptors (Lipinski definition) is 3. The molecule has 0 radical (unpaired) electrons. The van der Waals surface area contributed by atoms with E-state index < -0.39 is 0 Å². The molecule has 1 aliphatic heterocycles. The SMILES string of the molecule is C=CCOc1ccc(NC(=O)C2CCCN(Cc3cccc4ccccc34)C2)cc1. The molecule has 3 aromatic carbocycles. The molecule has 1 heterocycles. The average molecular weight is 401 g/mol. The first-order valence-electron chi connectivity index (χ1n) is 10.6. The Labute approximate surface area is 178 Å². The predicted molar refractivity (Wildman–Crippen MR) is 123 cm³/mol. The molecule has 154 valence electrons. The largest absolute Gasteiger partial charge is 0.490 e. The number of carbonyl (C=O) groups is 1. The molecule has 4 rings (SSSR count). The number of benzene rings is 3. The Bertz CT molecular complexity index is 1010. The summed E-state index contributed by atoms with van der Waals surface area (Å²) in [6.07, 6.45) is 3.68. The Morgan fingerprint density at radius 3 is 2.73 bits per heavy atom. The first-order chi connectivity index (χ1) is 14.7. The highest BCUT2D eigenvalue weighted by Gasteiger charge is 2.26. The first kappa shape index (κ1) is 20.2. The molecule has 4 heteroatoms. The monoisotopic (exact) mass is 400 g/mol. The molecule has 0 aromatic heterocycles. The van der Waals surface area contributed by atoms with E-state index in [1.807, 2.05) is 24.3 Å². The summed E-state index contributed by atoms with van der Waals surface area (Å²) in [6.45, 7) is 6.81. The van der Waals surface area contributed by atoms with Crippen molar-refractivity contribution in [2.75, 3.05) is 25.0 Å². The fourth-order valence-corrected chi connectivity index (χ4v) is 4.12. The van der Waals surface area contributed by atoms with Crippen LogP contribution < -0.4 is 10.1 Å². The number of nitrogens with one attached hydrogen (secondary N) is 1. The van der Waals surface area contributed by atoms with E-state index in [1.165, 1.54) is 16.3 Å². The number of amides is 1. The van der Waals surface area contributed by atoms with E-state index in [1.54, 1.807) is 6.08 Å². The summed E-state index contributed by atoms with van der Waals surface area (Å²) in [5, 5.41) is 5.63. The molecule has 1 saturated heterocycles. The van der Waals surface area contributed by atoms with Gasteiger partial charge in [0.2, 0.25) is 5.91 Å². The van der Waals surface area contributed by atoms with Crippen LogP contribution in [0.3, 0.4) is 0 Å². The predicted octanol–water partition coefficient (Wildman–Crippen LogP) is 5.26. The third-order valence-corrected chi connectivity index (χ3v) is 5.64. The van der Waals surface area contributed by atoms with Crippen LogP contribution in [-0.4, -0.2) is 30.5 Å². The van der Waals surface area contributed by atoms with Gasteiger partial charge >= 0.3 is 0 Å². The molecule has 1 atom stereocenters. The fraction of sp³-hybridized carbons (Fsp3) is 0.269. The van der Waals surface area contributed by atoms with Crippen LogP contribution in [0.25, 0.3) is 10.8 Å². The lowest BCUT2D eigenvalue weighted by molar-refractivity contribution is -0.121. The second kappa shape index (κ2) is 9.59. The zero-order chi connectivity index (χ0) is 20.8. The fourth-order valence-electron chi connectivity index (χ4n) is 4.12. The van der Waals surface area contributed by atoms with Crippen LogP contribution in [0.5, 0.6) is 5.75 Å². The minimum atomic E-state index is 0.00502. The van der Waals surface area contributed by atoms with Crippen molar-refractivity contribution in [2.24, 2.45) is 5.92 Å². The van der Waals surface area contributed by atoms with Crippen LogP contribution in [0.15, 0.2) is 79.4 Å². The maximum atomic E-state index is 12.9. The Morgan fingerprint density at radius 2 is 1.90 bits per heavy atom. The molecule has 1 N–H and O–H groups in total. The molecule has 1 amide bonds. The lowest BCUT2D eigenvalue weighted by atomic mass is 9.96. The van der Waals surface area contributed by atoms with E-state index >= 15 is 0 Å². The molecular weight excluding hydrogens is 372 g/mol. The number of ether oxygens (including phenoxy) is 1. The van der Waals surface area contributed by atoms with Crippen molar-refractivity contribution < 1.29 is 9.53 Å². The number of nitrogens with zero attached hydrogens (tertiary/aromatic N) is 1. The van der Waals surface area contributed by atoms with Crippen LogP contribution in [0, 0.1) is 5.92 Å². The van der Waals surface area contributed by atoms with Gasteiger partial charge in [-0.25, -0.2) is 0 Å². The quantitative estimate of drug-likeness (QED) is 0.551. The molecule has 0 saturated carbocycles. The molecule has 1 aliphatic rings. The molecule has 3 aromatic rings. The van der Waals surface area contributed by atoms with Gasteiger partial charge in [0.25, 0.3) is 0 Å². The smallest absolute Gasteiger partial charge is 0.228 e. The molecule has 30 heavy (non-hydrogen) atoms. The lowest BCUT2D eigenvalue weighted by Crippen LogP contribution is -2.40. The normalized spacial score (nSPS) is 16.9. The molecule has 1 unspecified atom stereocenters. The van der Waals surface area contributed by atoms with Crippen LogP contribution in [0.4, 0.5) is 5.69 Å². The van der Waals surface area contributed by atoms with E-state index in [9.17, 15) is 4.79 Å². The summed E-state index contributed by atoms with van der Waals surface area (Å²) in [5.41, 5.74) is 2.13. The van der Waals surface area contributed by atoms with E-state index in [2.05, 4.69) is 59.3 Å². The molecule has 4 nitrogen and oxygen atoms in total. The van der Waals surface area contributed by atoms with Gasteiger partial charge in [-0.2, -0.15) is 0 Å². The third kappa shape index (κ3) is 4.89. The van der Waals surface area contributed by atoms with E-state index in [-0.39, 0.29) is 11.8 Å². The van der Waals surface area contributed by atoms with Crippen LogP contribution in [0.2, 0.25) is 0 Å². The van der Waals surface area contributed by atoms with Gasteiger partial charge in [-0.3, -0.25) is 9.69 Å². The highest BCUT2D eigenvalue weighted by molar-refractivity contribution is 5.92. The highest BCUT2D eigenvalue weighted by atomic mass is 16.5. The molecule has 1 fully saturated rings. The zero-order valence-electron chi connectivity index (χ0n) is 17.2. The van der Waals surface area contributed by atoms with E-state index in [4.69, 9.17) is 4.74 Å². The van der Waals surface area contributed by atoms with Crippen molar-refractivity contribution in [2.45, 2.75) is 19.4 Å². The Morgan fingerprint density at radius 1 is 1.10 bits per heavy atom. The summed E-state index contributed by atoms with van der Waals surface area (Å²) < 4.78 is 5.50. The number of fused-ring (bicyclic) bond motifs is 1. The summed E-state index contributed by atoms with van der Waals surface area (Å²) in [4.78, 5) is 15.3. The molecule has 0 aliphatic carbocycles. The lowest BCUT2D eigenvalue weighted by Gasteiger charge is -2.32. The summed E-state index contributed by atoms with van der Waals surface area (Å²) >= 11 is 0. The van der Waals surface area contributed by atoms with Gasteiger partial charge in [0, 0.05) is 18.8 Å². The topological polar surface area (TPSA) is 41.6 Å². The average Bonchev–Trinajstić information content (AvgIpc) is 2.79. The van der Waals surface area contributed by atoms with Gasteiger partial charge < -0.3 is 10.1 Å². The van der Waals surface area contributed by atoms with Gasteiger partial charge in [0.15, 0.2) is 0 Å². The Hall–Kier alpha value is -3.11. The summed E-state index contributed by atoms with van der Waals surface area (Å²) in [5.74, 6) is 0.870. The minimum Gasteiger partial charge on any atom is -0.490 e. The van der Waals surface area contributed by atoms with Crippen LogP contribution in [-0.2, 0) is 11.3 Å². The summed E-state index contributed by atoms with van der Waals surface area (Å²) in [7, 11) is 0. The molecule has 0 spiro atoms. The van der Waals surface area contributed by atoms with Gasteiger partial charge in [0.05, 0.1) is 5.92 Å². The van der Waals surface area contributed by atoms with Crippen molar-refractivity contribution in [1.29, 1.82) is 0 Å². The molecule has 0 bridgehead atoms. The number of piperidine rings is 1. The van der Waals surface area contributed by atoms with Gasteiger partial charge in [-0.05, 0) is 60.0 Å². The number of hydrogen-bond donors (Lipinski definition) is 1. The zero-order valence-corrected chi connectivity index (χ0v) is 17.2. The van der Waals surface area contributed by atoms with Crippen molar-refractivity contribution >= 4 is 22.4 Å².